The van der Waals surface area contributed by atoms with Gasteiger partial charge in [-0.1, -0.05) is 48.5 Å². The van der Waals surface area contributed by atoms with Crippen molar-refractivity contribution in [1.29, 1.82) is 0 Å². The summed E-state index contributed by atoms with van der Waals surface area (Å²) in [6, 6.07) is 21.2. The summed E-state index contributed by atoms with van der Waals surface area (Å²) in [6.45, 7) is 3.29. The second-order valence-electron chi connectivity index (χ2n) is 7.52. The van der Waals surface area contributed by atoms with E-state index in [0.717, 1.165) is 30.0 Å². The molecule has 1 fully saturated rings. The lowest BCUT2D eigenvalue weighted by molar-refractivity contribution is -0.123. The van der Waals surface area contributed by atoms with Gasteiger partial charge in [-0.05, 0) is 35.4 Å². The Labute approximate surface area is 187 Å². The SMILES string of the molecule is O=C(NC(C(=O)NCc1ccnc(N2CCOCC2)c1)c1ccccc1)c1ccccc1. The van der Waals surface area contributed by atoms with E-state index in [1.54, 1.807) is 30.5 Å². The van der Waals surface area contributed by atoms with Crippen LogP contribution in [-0.4, -0.2) is 43.1 Å². The van der Waals surface area contributed by atoms with Crippen molar-refractivity contribution in [1.82, 2.24) is 15.6 Å². The molecular weight excluding hydrogens is 404 g/mol. The average molecular weight is 431 g/mol. The number of nitrogens with one attached hydrogen (secondary N) is 2. The topological polar surface area (TPSA) is 83.6 Å². The predicted molar refractivity (Wildman–Crippen MR) is 122 cm³/mol. The predicted octanol–water partition coefficient (Wildman–Crippen LogP) is 2.71. The van der Waals surface area contributed by atoms with Crippen LogP contribution in [0.1, 0.15) is 27.5 Å². The van der Waals surface area contributed by atoms with Crippen molar-refractivity contribution in [2.45, 2.75) is 12.6 Å². The molecule has 2 heterocycles. The Bertz CT molecular complexity index is 1040. The Balaban J connectivity index is 1.45. The summed E-state index contributed by atoms with van der Waals surface area (Å²) in [5.74, 6) is 0.301. The van der Waals surface area contributed by atoms with Crippen molar-refractivity contribution in [2.24, 2.45) is 0 Å². The van der Waals surface area contributed by atoms with Crippen molar-refractivity contribution >= 4 is 17.6 Å². The maximum atomic E-state index is 13.1. The third kappa shape index (κ3) is 5.50. The van der Waals surface area contributed by atoms with E-state index in [4.69, 9.17) is 4.74 Å². The number of nitrogens with zero attached hydrogens (tertiary/aromatic N) is 2. The summed E-state index contributed by atoms with van der Waals surface area (Å²) in [4.78, 5) is 32.4. The fourth-order valence-electron chi connectivity index (χ4n) is 3.58. The Kier molecular flexibility index (Phi) is 7.09. The number of rotatable bonds is 7. The van der Waals surface area contributed by atoms with E-state index in [-0.39, 0.29) is 11.8 Å². The molecule has 1 aliphatic rings. The van der Waals surface area contributed by atoms with Crippen LogP contribution in [0.3, 0.4) is 0 Å². The molecule has 1 saturated heterocycles. The molecule has 1 atom stereocenters. The molecule has 0 aliphatic carbocycles. The molecule has 1 aromatic heterocycles. The van der Waals surface area contributed by atoms with Crippen molar-refractivity contribution in [3.05, 3.63) is 95.7 Å². The number of carbonyl (C=O) groups is 2. The third-order valence-corrected chi connectivity index (χ3v) is 5.32. The molecule has 7 heteroatoms. The van der Waals surface area contributed by atoms with Gasteiger partial charge in [0.1, 0.15) is 11.9 Å². The zero-order chi connectivity index (χ0) is 22.2. The van der Waals surface area contributed by atoms with E-state index in [1.807, 2.05) is 48.5 Å². The van der Waals surface area contributed by atoms with Gasteiger partial charge < -0.3 is 20.3 Å². The van der Waals surface area contributed by atoms with E-state index in [9.17, 15) is 9.59 Å². The highest BCUT2D eigenvalue weighted by atomic mass is 16.5. The number of anilines is 1. The Morgan fingerprint density at radius 1 is 0.969 bits per heavy atom. The van der Waals surface area contributed by atoms with Crippen LogP contribution in [0.5, 0.6) is 0 Å². The molecule has 7 nitrogen and oxygen atoms in total. The second-order valence-corrected chi connectivity index (χ2v) is 7.52. The number of aromatic nitrogens is 1. The van der Waals surface area contributed by atoms with Gasteiger partial charge in [0.15, 0.2) is 0 Å². The van der Waals surface area contributed by atoms with Gasteiger partial charge >= 0.3 is 0 Å². The highest BCUT2D eigenvalue weighted by Crippen LogP contribution is 2.16. The second kappa shape index (κ2) is 10.5. The summed E-state index contributed by atoms with van der Waals surface area (Å²) in [6.07, 6.45) is 1.75. The highest BCUT2D eigenvalue weighted by molar-refractivity contribution is 5.97. The maximum Gasteiger partial charge on any atom is 0.252 e. The number of ether oxygens (including phenoxy) is 1. The van der Waals surface area contributed by atoms with Gasteiger partial charge in [0, 0.05) is 31.4 Å². The average Bonchev–Trinajstić information content (AvgIpc) is 2.87. The number of pyridine rings is 1. The monoisotopic (exact) mass is 430 g/mol. The van der Waals surface area contributed by atoms with Crippen molar-refractivity contribution in [3.63, 3.8) is 0 Å². The van der Waals surface area contributed by atoms with Crippen LogP contribution >= 0.6 is 0 Å². The van der Waals surface area contributed by atoms with E-state index in [2.05, 4.69) is 20.5 Å². The first kappa shape index (κ1) is 21.5. The quantitative estimate of drug-likeness (QED) is 0.602. The lowest BCUT2D eigenvalue weighted by Crippen LogP contribution is -2.40. The number of amides is 2. The van der Waals surface area contributed by atoms with Crippen LogP contribution in [0.15, 0.2) is 79.0 Å². The first-order valence-corrected chi connectivity index (χ1v) is 10.7. The van der Waals surface area contributed by atoms with Gasteiger partial charge in [0.2, 0.25) is 5.91 Å². The summed E-state index contributed by atoms with van der Waals surface area (Å²) in [5.41, 5.74) is 2.17. The van der Waals surface area contributed by atoms with Gasteiger partial charge in [0.05, 0.1) is 13.2 Å². The zero-order valence-corrected chi connectivity index (χ0v) is 17.7. The molecule has 1 unspecified atom stereocenters. The summed E-state index contributed by atoms with van der Waals surface area (Å²) in [7, 11) is 0. The maximum absolute atomic E-state index is 13.1. The van der Waals surface area contributed by atoms with Crippen LogP contribution in [-0.2, 0) is 16.1 Å². The highest BCUT2D eigenvalue weighted by Gasteiger charge is 2.23. The van der Waals surface area contributed by atoms with Crippen LogP contribution in [0.25, 0.3) is 0 Å². The summed E-state index contributed by atoms with van der Waals surface area (Å²) < 4.78 is 5.40. The molecule has 3 aromatic rings. The van der Waals surface area contributed by atoms with Crippen LogP contribution in [0.2, 0.25) is 0 Å². The van der Waals surface area contributed by atoms with Gasteiger partial charge in [-0.15, -0.1) is 0 Å². The minimum absolute atomic E-state index is 0.273. The lowest BCUT2D eigenvalue weighted by atomic mass is 10.1. The molecule has 2 amide bonds. The van der Waals surface area contributed by atoms with Crippen molar-refractivity contribution in [3.8, 4) is 0 Å². The van der Waals surface area contributed by atoms with Crippen LogP contribution in [0, 0.1) is 0 Å². The van der Waals surface area contributed by atoms with Crippen LogP contribution in [0.4, 0.5) is 5.82 Å². The molecule has 0 radical (unpaired) electrons. The molecule has 1 aliphatic heterocycles. The lowest BCUT2D eigenvalue weighted by Gasteiger charge is -2.28. The fourth-order valence-corrected chi connectivity index (χ4v) is 3.58. The Morgan fingerprint density at radius 2 is 1.66 bits per heavy atom. The Hall–Kier alpha value is -3.71. The third-order valence-electron chi connectivity index (χ3n) is 5.32. The Morgan fingerprint density at radius 3 is 2.38 bits per heavy atom. The van der Waals surface area contributed by atoms with Crippen molar-refractivity contribution in [2.75, 3.05) is 31.2 Å². The van der Waals surface area contributed by atoms with E-state index in [1.165, 1.54) is 0 Å². The molecule has 2 aromatic carbocycles. The van der Waals surface area contributed by atoms with Crippen molar-refractivity contribution < 1.29 is 14.3 Å². The molecule has 4 rings (SSSR count). The number of morpholine rings is 1. The van der Waals surface area contributed by atoms with E-state index >= 15 is 0 Å². The molecular formula is C25H26N4O3. The fraction of sp³-hybridized carbons (Fsp3) is 0.240. The van der Waals surface area contributed by atoms with Gasteiger partial charge in [-0.25, -0.2) is 4.98 Å². The normalized spacial score (nSPS) is 14.4. The molecule has 0 bridgehead atoms. The first-order valence-electron chi connectivity index (χ1n) is 10.7. The summed E-state index contributed by atoms with van der Waals surface area (Å²) in [5, 5.41) is 5.82. The van der Waals surface area contributed by atoms with Gasteiger partial charge in [-0.3, -0.25) is 9.59 Å². The number of benzene rings is 2. The van der Waals surface area contributed by atoms with Crippen LogP contribution < -0.4 is 15.5 Å². The minimum atomic E-state index is -0.801. The zero-order valence-electron chi connectivity index (χ0n) is 17.7. The first-order chi connectivity index (χ1) is 15.7. The summed E-state index contributed by atoms with van der Waals surface area (Å²) >= 11 is 0. The molecule has 164 valence electrons. The van der Waals surface area contributed by atoms with Gasteiger partial charge in [-0.2, -0.15) is 0 Å². The molecule has 2 N–H and O–H groups in total. The number of hydrogen-bond acceptors (Lipinski definition) is 5. The van der Waals surface area contributed by atoms with E-state index in [0.29, 0.717) is 25.3 Å². The minimum Gasteiger partial charge on any atom is -0.378 e. The van der Waals surface area contributed by atoms with Gasteiger partial charge in [0.25, 0.3) is 5.91 Å². The smallest absolute Gasteiger partial charge is 0.252 e. The molecule has 32 heavy (non-hydrogen) atoms. The molecule has 0 spiro atoms. The molecule has 0 saturated carbocycles. The number of carbonyl (C=O) groups excluding carboxylic acids is 2. The largest absolute Gasteiger partial charge is 0.378 e. The standard InChI is InChI=1S/C25H26N4O3/c30-24(21-9-5-2-6-10-21)28-23(20-7-3-1-4-8-20)25(31)27-18-19-11-12-26-22(17-19)29-13-15-32-16-14-29/h1-12,17,23H,13-16,18H2,(H,27,31)(H,28,30). The van der Waals surface area contributed by atoms with E-state index < -0.39 is 6.04 Å². The number of hydrogen-bond donors (Lipinski definition) is 2.